The zero-order valence-corrected chi connectivity index (χ0v) is 14.8. The first-order valence-electron chi connectivity index (χ1n) is 9.25. The van der Waals surface area contributed by atoms with Gasteiger partial charge >= 0.3 is 0 Å². The van der Waals surface area contributed by atoms with E-state index in [0.717, 1.165) is 45.8 Å². The van der Waals surface area contributed by atoms with Crippen molar-refractivity contribution in [3.63, 3.8) is 0 Å². The third-order valence-corrected chi connectivity index (χ3v) is 5.27. The van der Waals surface area contributed by atoms with Crippen LogP contribution in [0.4, 0.5) is 0 Å². The summed E-state index contributed by atoms with van der Waals surface area (Å²) in [5.74, 6) is 0.248. The van der Waals surface area contributed by atoms with Crippen molar-refractivity contribution < 1.29 is 4.79 Å². The molecule has 1 amide bonds. The Labute approximate surface area is 145 Å². The molecule has 5 nitrogen and oxygen atoms in total. The molecule has 132 valence electrons. The maximum atomic E-state index is 12.6. The summed E-state index contributed by atoms with van der Waals surface area (Å²) < 4.78 is 0. The first kappa shape index (κ1) is 17.4. The topological polar surface area (TPSA) is 38.8 Å². The van der Waals surface area contributed by atoms with E-state index < -0.39 is 0 Å². The van der Waals surface area contributed by atoms with Gasteiger partial charge in [0.25, 0.3) is 0 Å². The van der Waals surface area contributed by atoms with Crippen LogP contribution >= 0.6 is 0 Å². The minimum Gasteiger partial charge on any atom is -0.338 e. The van der Waals surface area contributed by atoms with Crippen LogP contribution in [0.5, 0.6) is 0 Å². The zero-order chi connectivity index (χ0) is 16.8. The Bertz CT molecular complexity index is 507. The molecule has 0 bridgehead atoms. The van der Waals surface area contributed by atoms with Gasteiger partial charge in [-0.2, -0.15) is 0 Å². The minimum atomic E-state index is 0.248. The van der Waals surface area contributed by atoms with E-state index in [1.54, 1.807) is 0 Å². The standard InChI is InChI=1S/C19H30N4O/c1-2-22(15-17-6-4-3-5-7-17)19(24)16-21-10-12-23(13-11-21)18-8-9-20-14-18/h3-7,18,20H,2,8-16H2,1H3. The molecule has 0 aromatic heterocycles. The van der Waals surface area contributed by atoms with Gasteiger partial charge < -0.3 is 10.2 Å². The number of likely N-dealkylation sites (N-methyl/N-ethyl adjacent to an activating group) is 1. The van der Waals surface area contributed by atoms with Crippen molar-refractivity contribution in [2.45, 2.75) is 25.9 Å². The highest BCUT2D eigenvalue weighted by atomic mass is 16.2. The third kappa shape index (κ3) is 4.56. The molecule has 1 aromatic carbocycles. The van der Waals surface area contributed by atoms with Gasteiger partial charge in [-0.3, -0.25) is 14.6 Å². The fourth-order valence-electron chi connectivity index (χ4n) is 3.71. The van der Waals surface area contributed by atoms with Gasteiger partial charge in [0.1, 0.15) is 0 Å². The van der Waals surface area contributed by atoms with Crippen LogP contribution in [0, 0.1) is 0 Å². The molecule has 24 heavy (non-hydrogen) atoms. The van der Waals surface area contributed by atoms with E-state index in [2.05, 4.69) is 34.2 Å². The summed E-state index contributed by atoms with van der Waals surface area (Å²) in [5, 5.41) is 3.44. The average molecular weight is 330 g/mol. The average Bonchev–Trinajstić information content (AvgIpc) is 3.16. The molecule has 2 aliphatic rings. The Balaban J connectivity index is 1.45. The number of rotatable bonds is 6. The molecule has 2 saturated heterocycles. The Morgan fingerprint density at radius 3 is 2.58 bits per heavy atom. The molecule has 2 aliphatic heterocycles. The van der Waals surface area contributed by atoms with E-state index in [1.165, 1.54) is 12.0 Å². The summed E-state index contributed by atoms with van der Waals surface area (Å²) in [6.45, 7) is 10.5. The predicted octanol–water partition coefficient (Wildman–Crippen LogP) is 1.01. The molecule has 2 heterocycles. The molecule has 0 aliphatic carbocycles. The number of amides is 1. The Kier molecular flexibility index (Phi) is 6.24. The number of carbonyl (C=O) groups is 1. The van der Waals surface area contributed by atoms with Crippen LogP contribution in [0.2, 0.25) is 0 Å². The fourth-order valence-corrected chi connectivity index (χ4v) is 3.71. The smallest absolute Gasteiger partial charge is 0.237 e. The van der Waals surface area contributed by atoms with E-state index in [9.17, 15) is 4.79 Å². The first-order chi connectivity index (χ1) is 11.8. The molecular weight excluding hydrogens is 300 g/mol. The predicted molar refractivity (Wildman–Crippen MR) is 96.8 cm³/mol. The summed E-state index contributed by atoms with van der Waals surface area (Å²) in [6.07, 6.45) is 1.26. The van der Waals surface area contributed by atoms with Gasteiger partial charge in [0.05, 0.1) is 6.54 Å². The number of benzene rings is 1. The van der Waals surface area contributed by atoms with Gasteiger partial charge in [-0.25, -0.2) is 0 Å². The van der Waals surface area contributed by atoms with Crippen LogP contribution in [0.1, 0.15) is 18.9 Å². The molecule has 0 saturated carbocycles. The number of carbonyl (C=O) groups excluding carboxylic acids is 1. The van der Waals surface area contributed by atoms with E-state index >= 15 is 0 Å². The number of nitrogens with zero attached hydrogens (tertiary/aromatic N) is 3. The second kappa shape index (κ2) is 8.60. The van der Waals surface area contributed by atoms with E-state index in [1.807, 2.05) is 23.1 Å². The zero-order valence-electron chi connectivity index (χ0n) is 14.8. The van der Waals surface area contributed by atoms with Crippen LogP contribution in [-0.4, -0.2) is 79.0 Å². The number of nitrogens with one attached hydrogen (secondary N) is 1. The van der Waals surface area contributed by atoms with Gasteiger partial charge in [-0.05, 0) is 25.5 Å². The molecule has 1 N–H and O–H groups in total. The minimum absolute atomic E-state index is 0.248. The van der Waals surface area contributed by atoms with Crippen LogP contribution in [-0.2, 0) is 11.3 Å². The molecular formula is C19H30N4O. The number of hydrogen-bond acceptors (Lipinski definition) is 4. The lowest BCUT2D eigenvalue weighted by Crippen LogP contribution is -2.53. The molecule has 1 unspecified atom stereocenters. The lowest BCUT2D eigenvalue weighted by Gasteiger charge is -2.38. The lowest BCUT2D eigenvalue weighted by atomic mass is 10.2. The van der Waals surface area contributed by atoms with Crippen molar-refractivity contribution >= 4 is 5.91 Å². The summed E-state index contributed by atoms with van der Waals surface area (Å²) in [6, 6.07) is 11.0. The molecule has 1 aromatic rings. The molecule has 0 spiro atoms. The fraction of sp³-hybridized carbons (Fsp3) is 0.632. The second-order valence-corrected chi connectivity index (χ2v) is 6.85. The molecule has 2 fully saturated rings. The summed E-state index contributed by atoms with van der Waals surface area (Å²) in [5.41, 5.74) is 1.20. The Hall–Kier alpha value is -1.43. The van der Waals surface area contributed by atoms with E-state index in [0.29, 0.717) is 19.1 Å². The third-order valence-electron chi connectivity index (χ3n) is 5.27. The van der Waals surface area contributed by atoms with Gasteiger partial charge in [-0.15, -0.1) is 0 Å². The van der Waals surface area contributed by atoms with Crippen molar-refractivity contribution in [3.05, 3.63) is 35.9 Å². The van der Waals surface area contributed by atoms with Crippen LogP contribution < -0.4 is 5.32 Å². The maximum Gasteiger partial charge on any atom is 0.237 e. The van der Waals surface area contributed by atoms with Crippen LogP contribution in [0.3, 0.4) is 0 Å². The van der Waals surface area contributed by atoms with E-state index in [4.69, 9.17) is 0 Å². The number of hydrogen-bond donors (Lipinski definition) is 1. The maximum absolute atomic E-state index is 12.6. The van der Waals surface area contributed by atoms with Crippen molar-refractivity contribution in [1.29, 1.82) is 0 Å². The van der Waals surface area contributed by atoms with Crippen LogP contribution in [0.25, 0.3) is 0 Å². The van der Waals surface area contributed by atoms with Gasteiger partial charge in [0.2, 0.25) is 5.91 Å². The highest BCUT2D eigenvalue weighted by molar-refractivity contribution is 5.78. The summed E-state index contributed by atoms with van der Waals surface area (Å²) >= 11 is 0. The van der Waals surface area contributed by atoms with Crippen molar-refractivity contribution in [1.82, 2.24) is 20.0 Å². The lowest BCUT2D eigenvalue weighted by molar-refractivity contribution is -0.133. The Morgan fingerprint density at radius 2 is 1.96 bits per heavy atom. The van der Waals surface area contributed by atoms with Crippen LogP contribution in [0.15, 0.2) is 30.3 Å². The monoisotopic (exact) mass is 330 g/mol. The van der Waals surface area contributed by atoms with Gasteiger partial charge in [-0.1, -0.05) is 30.3 Å². The Morgan fingerprint density at radius 1 is 1.21 bits per heavy atom. The molecule has 5 heteroatoms. The normalized spacial score (nSPS) is 22.6. The number of piperazine rings is 1. The molecule has 1 atom stereocenters. The molecule has 3 rings (SSSR count). The SMILES string of the molecule is CCN(Cc1ccccc1)C(=O)CN1CCN(C2CCNC2)CC1. The molecule has 0 radical (unpaired) electrons. The highest BCUT2D eigenvalue weighted by Gasteiger charge is 2.27. The van der Waals surface area contributed by atoms with Gasteiger partial charge in [0, 0.05) is 51.9 Å². The summed E-state index contributed by atoms with van der Waals surface area (Å²) in [7, 11) is 0. The van der Waals surface area contributed by atoms with E-state index in [-0.39, 0.29) is 5.91 Å². The van der Waals surface area contributed by atoms with Gasteiger partial charge in [0.15, 0.2) is 0 Å². The quantitative estimate of drug-likeness (QED) is 0.845. The highest BCUT2D eigenvalue weighted by Crippen LogP contribution is 2.12. The first-order valence-corrected chi connectivity index (χ1v) is 9.25. The summed E-state index contributed by atoms with van der Waals surface area (Å²) in [4.78, 5) is 19.5. The van der Waals surface area contributed by atoms with Crippen molar-refractivity contribution in [2.75, 3.05) is 52.4 Å². The second-order valence-electron chi connectivity index (χ2n) is 6.85. The van der Waals surface area contributed by atoms with Crippen molar-refractivity contribution in [3.8, 4) is 0 Å². The largest absolute Gasteiger partial charge is 0.338 e. The van der Waals surface area contributed by atoms with Crippen molar-refractivity contribution in [2.24, 2.45) is 0 Å².